The van der Waals surface area contributed by atoms with E-state index in [1.54, 1.807) is 7.11 Å². The molecule has 0 spiro atoms. The van der Waals surface area contributed by atoms with Crippen LogP contribution < -0.4 is 4.74 Å². The van der Waals surface area contributed by atoms with Gasteiger partial charge in [-0.2, -0.15) is 0 Å². The lowest BCUT2D eigenvalue weighted by Gasteiger charge is -2.55. The van der Waals surface area contributed by atoms with E-state index in [1.807, 2.05) is 24.3 Å². The molecule has 2 aromatic carbocycles. The van der Waals surface area contributed by atoms with Crippen molar-refractivity contribution in [1.29, 1.82) is 0 Å². The highest BCUT2D eigenvalue weighted by Crippen LogP contribution is 2.55. The second-order valence-corrected chi connectivity index (χ2v) is 8.34. The molecule has 1 N–H and O–H groups in total. The minimum Gasteiger partial charge on any atom is -0.497 e. The Morgan fingerprint density at radius 1 is 1.07 bits per heavy atom. The smallest absolute Gasteiger partial charge is 0.119 e. The van der Waals surface area contributed by atoms with Gasteiger partial charge in [-0.15, -0.1) is 0 Å². The Labute approximate surface area is 163 Å². The zero-order chi connectivity index (χ0) is 18.9. The van der Waals surface area contributed by atoms with E-state index >= 15 is 0 Å². The van der Waals surface area contributed by atoms with Gasteiger partial charge in [-0.3, -0.25) is 0 Å². The predicted molar refractivity (Wildman–Crippen MR) is 109 cm³/mol. The molecule has 3 heteroatoms. The molecule has 0 aromatic heterocycles. The molecule has 1 aliphatic heterocycles. The van der Waals surface area contributed by atoms with E-state index < -0.39 is 5.60 Å². The molecule has 1 saturated heterocycles. The standard InChI is InChI=1S/C24H31NO2/c1-3-25-15-14-23(20-10-7-11-22(16-20)27-2)18-24(26,13-12-21(23)17-25)19-8-5-4-6-9-19/h4-11,16,21,26H,3,12-15,17-18H2,1-2H3/t21-,23+,24?/m0/s1. The number of fused-ring (bicyclic) bond motifs is 1. The first-order valence-electron chi connectivity index (χ1n) is 10.2. The number of benzene rings is 2. The number of aliphatic hydroxyl groups is 1. The Morgan fingerprint density at radius 2 is 1.85 bits per heavy atom. The average molecular weight is 366 g/mol. The van der Waals surface area contributed by atoms with Crippen LogP contribution in [0.15, 0.2) is 54.6 Å². The molecule has 3 nitrogen and oxygen atoms in total. The predicted octanol–water partition coefficient (Wildman–Crippen LogP) is 4.35. The summed E-state index contributed by atoms with van der Waals surface area (Å²) in [7, 11) is 1.73. The molecule has 2 aromatic rings. The summed E-state index contributed by atoms with van der Waals surface area (Å²) in [6.45, 7) is 5.57. The summed E-state index contributed by atoms with van der Waals surface area (Å²) in [5, 5.41) is 11.7. The number of hydrogen-bond donors (Lipinski definition) is 1. The Bertz CT molecular complexity index is 777. The Kier molecular flexibility index (Phi) is 5.00. The fraction of sp³-hybridized carbons (Fsp3) is 0.500. The van der Waals surface area contributed by atoms with Gasteiger partial charge in [0, 0.05) is 12.0 Å². The van der Waals surface area contributed by atoms with E-state index in [1.165, 1.54) is 5.56 Å². The normalized spacial score (nSPS) is 31.3. The van der Waals surface area contributed by atoms with Crippen LogP contribution in [0.5, 0.6) is 5.75 Å². The molecule has 0 bridgehead atoms. The number of nitrogens with zero attached hydrogens (tertiary/aromatic N) is 1. The van der Waals surface area contributed by atoms with Crippen molar-refractivity contribution < 1.29 is 9.84 Å². The number of methoxy groups -OCH3 is 1. The van der Waals surface area contributed by atoms with Crippen LogP contribution in [0.2, 0.25) is 0 Å². The van der Waals surface area contributed by atoms with Crippen molar-refractivity contribution in [2.75, 3.05) is 26.7 Å². The molecular weight excluding hydrogens is 334 g/mol. The third-order valence-corrected chi connectivity index (χ3v) is 7.05. The minimum atomic E-state index is -0.755. The van der Waals surface area contributed by atoms with Gasteiger partial charge >= 0.3 is 0 Å². The monoisotopic (exact) mass is 365 g/mol. The van der Waals surface area contributed by atoms with Crippen molar-refractivity contribution in [1.82, 2.24) is 4.90 Å². The number of likely N-dealkylation sites (tertiary alicyclic amines) is 1. The molecule has 1 heterocycles. The molecule has 27 heavy (non-hydrogen) atoms. The van der Waals surface area contributed by atoms with Crippen molar-refractivity contribution in [2.24, 2.45) is 5.92 Å². The van der Waals surface area contributed by atoms with Gasteiger partial charge in [0.15, 0.2) is 0 Å². The molecule has 1 saturated carbocycles. The van der Waals surface area contributed by atoms with E-state index in [0.29, 0.717) is 5.92 Å². The van der Waals surface area contributed by atoms with Gasteiger partial charge in [0.05, 0.1) is 12.7 Å². The molecule has 4 rings (SSSR count). The van der Waals surface area contributed by atoms with Gasteiger partial charge in [-0.25, -0.2) is 0 Å². The quantitative estimate of drug-likeness (QED) is 0.874. The highest BCUT2D eigenvalue weighted by atomic mass is 16.5. The van der Waals surface area contributed by atoms with E-state index in [-0.39, 0.29) is 5.41 Å². The molecule has 2 aliphatic rings. The first kappa shape index (κ1) is 18.5. The third kappa shape index (κ3) is 3.28. The maximum absolute atomic E-state index is 11.7. The summed E-state index contributed by atoms with van der Waals surface area (Å²) >= 11 is 0. The Hall–Kier alpha value is -1.84. The molecule has 2 fully saturated rings. The minimum absolute atomic E-state index is 0.00303. The van der Waals surface area contributed by atoms with Crippen LogP contribution in [0.4, 0.5) is 0 Å². The van der Waals surface area contributed by atoms with Crippen molar-refractivity contribution in [3.8, 4) is 5.75 Å². The van der Waals surface area contributed by atoms with Gasteiger partial charge in [-0.1, -0.05) is 49.4 Å². The van der Waals surface area contributed by atoms with Crippen molar-refractivity contribution in [3.63, 3.8) is 0 Å². The fourth-order valence-electron chi connectivity index (χ4n) is 5.46. The molecule has 0 amide bonds. The van der Waals surface area contributed by atoms with Crippen LogP contribution in [0, 0.1) is 5.92 Å². The largest absolute Gasteiger partial charge is 0.497 e. The van der Waals surface area contributed by atoms with Crippen molar-refractivity contribution >= 4 is 0 Å². The first-order valence-corrected chi connectivity index (χ1v) is 10.2. The van der Waals surface area contributed by atoms with Gasteiger partial charge in [0.1, 0.15) is 5.75 Å². The highest BCUT2D eigenvalue weighted by molar-refractivity contribution is 5.38. The van der Waals surface area contributed by atoms with Crippen molar-refractivity contribution in [2.45, 2.75) is 43.6 Å². The summed E-state index contributed by atoms with van der Waals surface area (Å²) in [5.74, 6) is 1.48. The maximum Gasteiger partial charge on any atom is 0.119 e. The Balaban J connectivity index is 1.76. The molecular formula is C24H31NO2. The number of rotatable bonds is 4. The second kappa shape index (κ2) is 7.29. The molecule has 3 atom stereocenters. The van der Waals surface area contributed by atoms with Crippen molar-refractivity contribution in [3.05, 3.63) is 65.7 Å². The fourth-order valence-corrected chi connectivity index (χ4v) is 5.46. The summed E-state index contributed by atoms with van der Waals surface area (Å²) < 4.78 is 5.53. The molecule has 144 valence electrons. The Morgan fingerprint density at radius 3 is 2.59 bits per heavy atom. The summed E-state index contributed by atoms with van der Waals surface area (Å²) in [4.78, 5) is 2.57. The van der Waals surface area contributed by atoms with Crippen LogP contribution in [0.1, 0.15) is 43.7 Å². The first-order chi connectivity index (χ1) is 13.1. The maximum atomic E-state index is 11.7. The topological polar surface area (TPSA) is 32.7 Å². The summed E-state index contributed by atoms with van der Waals surface area (Å²) in [5.41, 5.74) is 1.64. The van der Waals surface area contributed by atoms with Crippen LogP contribution in [-0.4, -0.2) is 36.8 Å². The van der Waals surface area contributed by atoms with Crippen LogP contribution in [0.25, 0.3) is 0 Å². The third-order valence-electron chi connectivity index (χ3n) is 7.05. The van der Waals surface area contributed by atoms with Crippen LogP contribution >= 0.6 is 0 Å². The summed E-state index contributed by atoms with van der Waals surface area (Å²) in [6.07, 6.45) is 3.78. The number of ether oxygens (including phenoxy) is 1. The highest BCUT2D eigenvalue weighted by Gasteiger charge is 2.52. The zero-order valence-electron chi connectivity index (χ0n) is 16.5. The van der Waals surface area contributed by atoms with Gasteiger partial charge < -0.3 is 14.7 Å². The van der Waals surface area contributed by atoms with E-state index in [4.69, 9.17) is 4.74 Å². The molecule has 1 unspecified atom stereocenters. The van der Waals surface area contributed by atoms with Gasteiger partial charge in [-0.05, 0) is 68.0 Å². The van der Waals surface area contributed by atoms with Gasteiger partial charge in [0.25, 0.3) is 0 Å². The van der Waals surface area contributed by atoms with E-state index in [2.05, 4.69) is 42.2 Å². The zero-order valence-corrected chi connectivity index (χ0v) is 16.5. The van der Waals surface area contributed by atoms with E-state index in [0.717, 1.165) is 56.6 Å². The average Bonchev–Trinajstić information content (AvgIpc) is 2.74. The summed E-state index contributed by atoms with van der Waals surface area (Å²) in [6, 6.07) is 18.8. The molecule has 1 aliphatic carbocycles. The second-order valence-electron chi connectivity index (χ2n) is 8.34. The SMILES string of the molecule is CCN1CC[C@]2(c3cccc(OC)c3)CC(O)(c3ccccc3)CC[C@H]2C1. The lowest BCUT2D eigenvalue weighted by Crippen LogP contribution is -2.56. The van der Waals surface area contributed by atoms with Crippen LogP contribution in [0.3, 0.4) is 0 Å². The van der Waals surface area contributed by atoms with E-state index in [9.17, 15) is 5.11 Å². The van der Waals surface area contributed by atoms with Gasteiger partial charge in [0.2, 0.25) is 0 Å². The van der Waals surface area contributed by atoms with Crippen LogP contribution in [-0.2, 0) is 11.0 Å². The number of hydrogen-bond acceptors (Lipinski definition) is 3. The number of piperidine rings is 1. The lowest BCUT2D eigenvalue weighted by molar-refractivity contribution is -0.0764. The lowest BCUT2D eigenvalue weighted by atomic mass is 9.54. The molecule has 0 radical (unpaired) electrons.